The molecule has 10 heavy (non-hydrogen) atoms. The Hall–Kier alpha value is -0.510. The number of hydrogen-bond acceptors (Lipinski definition) is 2. The van der Waals surface area contributed by atoms with E-state index < -0.39 is 0 Å². The lowest BCUT2D eigenvalue weighted by Crippen LogP contribution is -1.94. The lowest BCUT2D eigenvalue weighted by Gasteiger charge is -1.91. The summed E-state index contributed by atoms with van der Waals surface area (Å²) in [6, 6.07) is 0. The summed E-state index contributed by atoms with van der Waals surface area (Å²) in [6.07, 6.45) is 0. The highest BCUT2D eigenvalue weighted by Gasteiger charge is 2.20. The monoisotopic (exact) mass is 158 g/mol. The van der Waals surface area contributed by atoms with Crippen LogP contribution in [0.15, 0.2) is 0 Å². The number of nitrogens with zero attached hydrogens (tertiary/aromatic N) is 2. The molecule has 2 nitrogen and oxygen atoms in total. The Kier molecular flexibility index (Phi) is 1.23. The van der Waals surface area contributed by atoms with Gasteiger partial charge in [0.05, 0.1) is 5.69 Å². The molecule has 54 valence electrons. The van der Waals surface area contributed by atoms with Crippen LogP contribution in [0.5, 0.6) is 0 Å². The molecule has 0 aliphatic carbocycles. The minimum absolute atomic E-state index is 0.289. The molecule has 1 aromatic rings. The van der Waals surface area contributed by atoms with Crippen LogP contribution in [0.3, 0.4) is 0 Å². The summed E-state index contributed by atoms with van der Waals surface area (Å²) in [5, 5.41) is 3.67. The third-order valence-corrected chi connectivity index (χ3v) is 2.68. The lowest BCUT2D eigenvalue weighted by molar-refractivity contribution is 0.546. The Morgan fingerprint density at radius 2 is 2.40 bits per heavy atom. The highest BCUT2D eigenvalue weighted by Crippen LogP contribution is 2.30. The van der Waals surface area contributed by atoms with Crippen molar-refractivity contribution in [1.82, 2.24) is 9.78 Å². The molecule has 1 aliphatic heterocycles. The van der Waals surface area contributed by atoms with Gasteiger partial charge >= 0.3 is 0 Å². The van der Waals surface area contributed by atoms with Crippen molar-refractivity contribution in [3.05, 3.63) is 17.2 Å². The van der Waals surface area contributed by atoms with E-state index in [-0.39, 0.29) is 5.95 Å². The molecule has 0 atom stereocenters. The Morgan fingerprint density at radius 3 is 3.10 bits per heavy atom. The van der Waals surface area contributed by atoms with Crippen molar-refractivity contribution in [2.45, 2.75) is 11.5 Å². The molecule has 2 rings (SSSR count). The summed E-state index contributed by atoms with van der Waals surface area (Å²) in [5.74, 6) is 1.40. The smallest absolute Gasteiger partial charge is 0.236 e. The number of aromatic nitrogens is 2. The topological polar surface area (TPSA) is 17.8 Å². The second-order valence-corrected chi connectivity index (χ2v) is 3.32. The highest BCUT2D eigenvalue weighted by atomic mass is 32.2. The van der Waals surface area contributed by atoms with E-state index in [9.17, 15) is 4.39 Å². The third kappa shape index (κ3) is 0.683. The summed E-state index contributed by atoms with van der Waals surface area (Å²) in [7, 11) is 1.79. The molecule has 0 spiro atoms. The van der Waals surface area contributed by atoms with E-state index in [2.05, 4.69) is 5.10 Å². The molecule has 2 heterocycles. The summed E-state index contributed by atoms with van der Waals surface area (Å²) >= 11 is 1.74. The molecule has 0 unspecified atom stereocenters. The van der Waals surface area contributed by atoms with Crippen molar-refractivity contribution in [2.24, 2.45) is 7.05 Å². The van der Waals surface area contributed by atoms with Crippen LogP contribution in [0.4, 0.5) is 4.39 Å². The van der Waals surface area contributed by atoms with E-state index in [4.69, 9.17) is 0 Å². The Bertz CT molecular complexity index is 244. The van der Waals surface area contributed by atoms with E-state index in [0.29, 0.717) is 0 Å². The average Bonchev–Trinajstić information content (AvgIpc) is 2.39. The molecule has 1 aromatic heterocycles. The van der Waals surface area contributed by atoms with E-state index in [1.165, 1.54) is 0 Å². The number of halogens is 1. The van der Waals surface area contributed by atoms with Crippen LogP contribution in [0.25, 0.3) is 0 Å². The first kappa shape index (κ1) is 6.22. The number of hydrogen-bond donors (Lipinski definition) is 0. The van der Waals surface area contributed by atoms with Crippen molar-refractivity contribution in [1.29, 1.82) is 0 Å². The van der Waals surface area contributed by atoms with E-state index in [0.717, 1.165) is 22.8 Å². The Labute approximate surface area is 62.4 Å². The quantitative estimate of drug-likeness (QED) is 0.566. The van der Waals surface area contributed by atoms with Crippen LogP contribution in [-0.4, -0.2) is 9.78 Å². The van der Waals surface area contributed by atoms with Gasteiger partial charge in [0.15, 0.2) is 0 Å². The Morgan fingerprint density at radius 1 is 1.60 bits per heavy atom. The maximum atomic E-state index is 12.8. The van der Waals surface area contributed by atoms with Gasteiger partial charge in [-0.15, -0.1) is 5.10 Å². The molecule has 0 amide bonds. The second kappa shape index (κ2) is 1.99. The van der Waals surface area contributed by atoms with Crippen molar-refractivity contribution >= 4 is 11.8 Å². The fourth-order valence-electron chi connectivity index (χ4n) is 1.14. The number of aryl methyl sites for hydroxylation is 1. The van der Waals surface area contributed by atoms with Crippen LogP contribution in [0, 0.1) is 5.95 Å². The van der Waals surface area contributed by atoms with Gasteiger partial charge in [0.1, 0.15) is 0 Å². The van der Waals surface area contributed by atoms with Crippen molar-refractivity contribution in [3.8, 4) is 0 Å². The number of fused-ring (bicyclic) bond motifs is 1. The van der Waals surface area contributed by atoms with Crippen LogP contribution in [-0.2, 0) is 18.6 Å². The van der Waals surface area contributed by atoms with Crippen LogP contribution in [0.1, 0.15) is 11.3 Å². The standard InChI is InChI=1S/C6H7FN2S/c1-9-5-3-10-2-4(5)6(7)8-9/h2-3H2,1H3. The highest BCUT2D eigenvalue weighted by molar-refractivity contribution is 7.98. The van der Waals surface area contributed by atoms with Crippen LogP contribution >= 0.6 is 11.8 Å². The van der Waals surface area contributed by atoms with Gasteiger partial charge in [-0.1, -0.05) is 0 Å². The zero-order valence-corrected chi connectivity index (χ0v) is 6.41. The first-order chi connectivity index (χ1) is 4.79. The second-order valence-electron chi connectivity index (χ2n) is 2.33. The predicted molar refractivity (Wildman–Crippen MR) is 38.2 cm³/mol. The molecule has 1 aliphatic rings. The van der Waals surface area contributed by atoms with E-state index >= 15 is 0 Å². The first-order valence-corrected chi connectivity index (χ1v) is 4.22. The third-order valence-electron chi connectivity index (χ3n) is 1.71. The summed E-state index contributed by atoms with van der Waals surface area (Å²) in [5.41, 5.74) is 1.84. The molecular weight excluding hydrogens is 151 g/mol. The van der Waals surface area contributed by atoms with Gasteiger partial charge in [0.25, 0.3) is 0 Å². The minimum atomic E-state index is -0.289. The number of thioether (sulfide) groups is 1. The maximum Gasteiger partial charge on any atom is 0.236 e. The average molecular weight is 158 g/mol. The van der Waals surface area contributed by atoms with Crippen molar-refractivity contribution in [3.63, 3.8) is 0 Å². The molecular formula is C6H7FN2S. The van der Waals surface area contributed by atoms with Gasteiger partial charge in [0.2, 0.25) is 5.95 Å². The molecule has 0 saturated heterocycles. The molecule has 0 radical (unpaired) electrons. The van der Waals surface area contributed by atoms with Crippen molar-refractivity contribution < 1.29 is 4.39 Å². The van der Waals surface area contributed by atoms with Crippen molar-refractivity contribution in [2.75, 3.05) is 0 Å². The fraction of sp³-hybridized carbons (Fsp3) is 0.500. The summed E-state index contributed by atoms with van der Waals surface area (Å²) in [6.45, 7) is 0. The normalized spacial score (nSPS) is 15.8. The van der Waals surface area contributed by atoms with Gasteiger partial charge in [-0.2, -0.15) is 16.2 Å². The zero-order chi connectivity index (χ0) is 7.14. The van der Waals surface area contributed by atoms with Crippen LogP contribution in [0.2, 0.25) is 0 Å². The van der Waals surface area contributed by atoms with Gasteiger partial charge in [-0.3, -0.25) is 4.68 Å². The fourth-order valence-corrected chi connectivity index (χ4v) is 2.29. The number of rotatable bonds is 0. The Balaban J connectivity index is 2.61. The molecule has 0 N–H and O–H groups in total. The first-order valence-electron chi connectivity index (χ1n) is 3.07. The van der Waals surface area contributed by atoms with Gasteiger partial charge in [-0.05, 0) is 0 Å². The maximum absolute atomic E-state index is 12.8. The van der Waals surface area contributed by atoms with E-state index in [1.54, 1.807) is 23.5 Å². The summed E-state index contributed by atoms with van der Waals surface area (Å²) < 4.78 is 14.4. The van der Waals surface area contributed by atoms with Crippen LogP contribution < -0.4 is 0 Å². The summed E-state index contributed by atoms with van der Waals surface area (Å²) in [4.78, 5) is 0. The van der Waals surface area contributed by atoms with E-state index in [1.807, 2.05) is 0 Å². The molecule has 0 fully saturated rings. The predicted octanol–water partition coefficient (Wildman–Crippen LogP) is 1.31. The van der Waals surface area contributed by atoms with Gasteiger partial charge in [-0.25, -0.2) is 0 Å². The molecule has 0 bridgehead atoms. The minimum Gasteiger partial charge on any atom is -0.269 e. The largest absolute Gasteiger partial charge is 0.269 e. The zero-order valence-electron chi connectivity index (χ0n) is 5.59. The SMILES string of the molecule is Cn1nc(F)c2c1CSC2. The molecule has 0 saturated carbocycles. The molecule has 0 aromatic carbocycles. The van der Waals surface area contributed by atoms with Gasteiger partial charge < -0.3 is 0 Å². The van der Waals surface area contributed by atoms with Gasteiger partial charge in [0, 0.05) is 24.1 Å². The lowest BCUT2D eigenvalue weighted by atomic mass is 10.3. The molecule has 4 heteroatoms.